The molecule has 0 spiro atoms. The predicted molar refractivity (Wildman–Crippen MR) is 130 cm³/mol. The predicted octanol–water partition coefficient (Wildman–Crippen LogP) is 3.42. The largest absolute Gasteiger partial charge is 0.342 e. The average Bonchev–Trinajstić information content (AvgIpc) is 2.86. The van der Waals surface area contributed by atoms with Crippen molar-refractivity contribution in [2.24, 2.45) is 11.8 Å². The first-order valence-electron chi connectivity index (χ1n) is 11.9. The van der Waals surface area contributed by atoms with Gasteiger partial charge in [-0.1, -0.05) is 48.9 Å². The Bertz CT molecular complexity index is 1110. The standard InChI is InChI=1S/C26H30ClN3O4/c1-18-6-5-13-29(16-18)25(33)20-11-14-28(15-12-20)26(34)23(24(32)19-7-3-2-4-8-19)30-17-21(27)9-10-22(30)31/h2-4,7-10,17-18,20,23H,5-6,11-16H2,1H3. The fraction of sp³-hybridized carbons (Fsp3) is 0.462. The van der Waals surface area contributed by atoms with E-state index in [1.807, 2.05) is 4.90 Å². The van der Waals surface area contributed by atoms with Crippen molar-refractivity contribution in [2.75, 3.05) is 26.2 Å². The van der Waals surface area contributed by atoms with Crippen molar-refractivity contribution in [1.29, 1.82) is 0 Å². The number of carbonyl (C=O) groups excluding carboxylic acids is 3. The first-order valence-corrected chi connectivity index (χ1v) is 12.3. The third kappa shape index (κ3) is 5.25. The van der Waals surface area contributed by atoms with Gasteiger partial charge in [0.1, 0.15) is 0 Å². The van der Waals surface area contributed by atoms with Crippen LogP contribution in [0.25, 0.3) is 0 Å². The Kier molecular flexibility index (Phi) is 7.51. The lowest BCUT2D eigenvalue weighted by Crippen LogP contribution is -2.49. The number of aromatic nitrogens is 1. The van der Waals surface area contributed by atoms with Crippen LogP contribution in [0.3, 0.4) is 0 Å². The fourth-order valence-corrected chi connectivity index (χ4v) is 5.13. The first kappa shape index (κ1) is 24.2. The van der Waals surface area contributed by atoms with Crippen LogP contribution < -0.4 is 5.56 Å². The number of piperidine rings is 2. The lowest BCUT2D eigenvalue weighted by Gasteiger charge is -2.38. The van der Waals surface area contributed by atoms with E-state index in [1.165, 1.54) is 18.3 Å². The van der Waals surface area contributed by atoms with Gasteiger partial charge in [0, 0.05) is 49.9 Å². The van der Waals surface area contributed by atoms with Crippen LogP contribution in [0.2, 0.25) is 5.02 Å². The summed E-state index contributed by atoms with van der Waals surface area (Å²) in [6, 6.07) is 9.82. The van der Waals surface area contributed by atoms with Crippen molar-refractivity contribution in [3.05, 3.63) is 69.6 Å². The number of halogens is 1. The average molecular weight is 484 g/mol. The van der Waals surface area contributed by atoms with E-state index >= 15 is 0 Å². The van der Waals surface area contributed by atoms with Crippen molar-refractivity contribution >= 4 is 29.2 Å². The van der Waals surface area contributed by atoms with Crippen molar-refractivity contribution in [2.45, 2.75) is 38.6 Å². The number of Topliss-reactive ketones (excluding diaryl/α,β-unsaturated/α-hetero) is 1. The second kappa shape index (κ2) is 10.6. The smallest absolute Gasteiger partial charge is 0.253 e. The van der Waals surface area contributed by atoms with Gasteiger partial charge in [-0.2, -0.15) is 0 Å². The van der Waals surface area contributed by atoms with Gasteiger partial charge in [-0.25, -0.2) is 0 Å². The molecule has 0 saturated carbocycles. The highest BCUT2D eigenvalue weighted by Gasteiger charge is 2.37. The molecule has 0 N–H and O–H groups in total. The Morgan fingerprint density at radius 3 is 2.32 bits per heavy atom. The molecule has 4 rings (SSSR count). The van der Waals surface area contributed by atoms with Gasteiger partial charge < -0.3 is 9.80 Å². The lowest BCUT2D eigenvalue weighted by atomic mass is 9.92. The van der Waals surface area contributed by atoms with Crippen molar-refractivity contribution in [1.82, 2.24) is 14.4 Å². The number of hydrogen-bond donors (Lipinski definition) is 0. The summed E-state index contributed by atoms with van der Waals surface area (Å²) in [5.41, 5.74) is -0.131. The van der Waals surface area contributed by atoms with Crippen LogP contribution >= 0.6 is 11.6 Å². The summed E-state index contributed by atoms with van der Waals surface area (Å²) in [4.78, 5) is 56.2. The molecule has 8 heteroatoms. The van der Waals surface area contributed by atoms with Crippen molar-refractivity contribution in [3.8, 4) is 0 Å². The molecular weight excluding hydrogens is 454 g/mol. The number of amides is 2. The highest BCUT2D eigenvalue weighted by Crippen LogP contribution is 2.26. The van der Waals surface area contributed by atoms with Gasteiger partial charge >= 0.3 is 0 Å². The second-order valence-corrected chi connectivity index (χ2v) is 9.79. The number of likely N-dealkylation sites (tertiary alicyclic amines) is 2. The fourth-order valence-electron chi connectivity index (χ4n) is 4.96. The third-order valence-electron chi connectivity index (χ3n) is 6.85. The molecule has 0 radical (unpaired) electrons. The molecule has 2 fully saturated rings. The Labute approximate surface area is 204 Å². The van der Waals surface area contributed by atoms with E-state index in [2.05, 4.69) is 6.92 Å². The number of rotatable bonds is 5. The molecule has 2 saturated heterocycles. The zero-order chi connectivity index (χ0) is 24.2. The molecule has 2 aliphatic heterocycles. The Hall–Kier alpha value is -2.93. The zero-order valence-electron chi connectivity index (χ0n) is 19.4. The number of ketones is 1. The van der Waals surface area contributed by atoms with Gasteiger partial charge in [-0.05, 0) is 37.7 Å². The van der Waals surface area contributed by atoms with Crippen LogP contribution in [0, 0.1) is 11.8 Å². The Balaban J connectivity index is 1.52. The molecule has 1 aromatic heterocycles. The van der Waals surface area contributed by atoms with Crippen molar-refractivity contribution in [3.63, 3.8) is 0 Å². The van der Waals surface area contributed by atoms with Gasteiger partial charge in [-0.15, -0.1) is 0 Å². The number of benzene rings is 1. The van der Waals surface area contributed by atoms with Gasteiger partial charge in [0.15, 0.2) is 11.8 Å². The van der Waals surface area contributed by atoms with E-state index in [1.54, 1.807) is 35.2 Å². The molecule has 0 bridgehead atoms. The monoisotopic (exact) mass is 483 g/mol. The molecule has 7 nitrogen and oxygen atoms in total. The van der Waals surface area contributed by atoms with Crippen molar-refractivity contribution < 1.29 is 14.4 Å². The zero-order valence-corrected chi connectivity index (χ0v) is 20.1. The van der Waals surface area contributed by atoms with E-state index in [0.29, 0.717) is 37.4 Å². The maximum Gasteiger partial charge on any atom is 0.253 e. The first-order chi connectivity index (χ1) is 16.3. The normalized spacial score (nSPS) is 20.1. The number of hydrogen-bond acceptors (Lipinski definition) is 4. The van der Waals surface area contributed by atoms with Crippen LogP contribution in [-0.4, -0.2) is 58.1 Å². The molecule has 1 aromatic carbocycles. The van der Waals surface area contributed by atoms with Gasteiger partial charge in [0.05, 0.1) is 5.02 Å². The summed E-state index contributed by atoms with van der Waals surface area (Å²) in [5, 5.41) is 0.262. The number of pyridine rings is 1. The maximum absolute atomic E-state index is 13.6. The van der Waals surface area contributed by atoms with Gasteiger partial charge in [0.25, 0.3) is 11.5 Å². The highest BCUT2D eigenvalue weighted by atomic mass is 35.5. The quantitative estimate of drug-likeness (QED) is 0.482. The summed E-state index contributed by atoms with van der Waals surface area (Å²) in [6.07, 6.45) is 4.61. The molecule has 2 aliphatic rings. The molecule has 0 aliphatic carbocycles. The molecule has 2 aromatic rings. The molecular formula is C26H30ClN3O4. The minimum atomic E-state index is -1.34. The van der Waals surface area contributed by atoms with Gasteiger partial charge in [-0.3, -0.25) is 23.7 Å². The van der Waals surface area contributed by atoms with Crippen LogP contribution in [0.15, 0.2) is 53.5 Å². The summed E-state index contributed by atoms with van der Waals surface area (Å²) < 4.78 is 1.12. The minimum absolute atomic E-state index is 0.119. The van der Waals surface area contributed by atoms with Crippen LogP contribution in [0.5, 0.6) is 0 Å². The molecule has 2 amide bonds. The maximum atomic E-state index is 13.6. The van der Waals surface area contributed by atoms with E-state index in [4.69, 9.17) is 11.6 Å². The lowest BCUT2D eigenvalue weighted by molar-refractivity contribution is -0.142. The Morgan fingerprint density at radius 2 is 1.65 bits per heavy atom. The van der Waals surface area contributed by atoms with Crippen LogP contribution in [0.4, 0.5) is 0 Å². The third-order valence-corrected chi connectivity index (χ3v) is 7.07. The molecule has 2 atom stereocenters. The topological polar surface area (TPSA) is 79.7 Å². The number of carbonyl (C=O) groups is 3. The van der Waals surface area contributed by atoms with E-state index in [0.717, 1.165) is 30.5 Å². The second-order valence-electron chi connectivity index (χ2n) is 9.36. The number of nitrogens with zero attached hydrogens (tertiary/aromatic N) is 3. The van der Waals surface area contributed by atoms with E-state index in [-0.39, 0.29) is 16.8 Å². The van der Waals surface area contributed by atoms with Crippen LogP contribution in [-0.2, 0) is 9.59 Å². The van der Waals surface area contributed by atoms with E-state index in [9.17, 15) is 19.2 Å². The summed E-state index contributed by atoms with van der Waals surface area (Å²) in [6.45, 7) is 4.50. The molecule has 34 heavy (non-hydrogen) atoms. The molecule has 2 unspecified atom stereocenters. The SMILES string of the molecule is CC1CCCN(C(=O)C2CCN(C(=O)C(C(=O)c3ccccc3)n3cc(Cl)ccc3=O)CC2)C1. The van der Waals surface area contributed by atoms with Crippen LogP contribution in [0.1, 0.15) is 49.0 Å². The molecule has 180 valence electrons. The molecule has 3 heterocycles. The van der Waals surface area contributed by atoms with Gasteiger partial charge in [0.2, 0.25) is 5.91 Å². The summed E-state index contributed by atoms with van der Waals surface area (Å²) in [7, 11) is 0. The Morgan fingerprint density at radius 1 is 0.941 bits per heavy atom. The van der Waals surface area contributed by atoms with E-state index < -0.39 is 23.3 Å². The minimum Gasteiger partial charge on any atom is -0.342 e. The summed E-state index contributed by atoms with van der Waals surface area (Å²) in [5.74, 6) is -0.348. The summed E-state index contributed by atoms with van der Waals surface area (Å²) >= 11 is 6.10. The highest BCUT2D eigenvalue weighted by molar-refractivity contribution is 6.30.